The molecule has 2 N–H and O–H groups in total. The molecule has 0 saturated heterocycles. The van der Waals surface area contributed by atoms with Gasteiger partial charge in [0, 0.05) is 18.7 Å². The summed E-state index contributed by atoms with van der Waals surface area (Å²) in [5.74, 6) is 4.36. The van der Waals surface area contributed by atoms with Crippen molar-refractivity contribution in [3.63, 3.8) is 0 Å². The molecule has 0 radical (unpaired) electrons. The summed E-state index contributed by atoms with van der Waals surface area (Å²) in [5.41, 5.74) is 0. The van der Waals surface area contributed by atoms with E-state index in [2.05, 4.69) is 41.4 Å². The summed E-state index contributed by atoms with van der Waals surface area (Å²) in [6.07, 6.45) is 4.89. The Morgan fingerprint density at radius 3 is 2.60 bits per heavy atom. The summed E-state index contributed by atoms with van der Waals surface area (Å²) in [5, 5.41) is 6.94. The molecule has 4 heteroatoms. The highest BCUT2D eigenvalue weighted by atomic mass is 15.1. The van der Waals surface area contributed by atoms with Gasteiger partial charge in [-0.25, -0.2) is 9.97 Å². The Hall–Kier alpha value is -1.32. The van der Waals surface area contributed by atoms with Gasteiger partial charge in [-0.2, -0.15) is 0 Å². The van der Waals surface area contributed by atoms with Gasteiger partial charge in [0.1, 0.15) is 17.5 Å². The summed E-state index contributed by atoms with van der Waals surface area (Å²) in [6, 6.07) is 2.58. The third kappa shape index (κ3) is 4.09. The highest BCUT2D eigenvalue weighted by Gasteiger charge is 2.24. The van der Waals surface area contributed by atoms with Crippen LogP contribution in [0.15, 0.2) is 6.07 Å². The van der Waals surface area contributed by atoms with Crippen molar-refractivity contribution in [2.75, 3.05) is 17.2 Å². The number of hydrogen-bond acceptors (Lipinski definition) is 4. The molecule has 3 atom stereocenters. The largest absolute Gasteiger partial charge is 0.370 e. The van der Waals surface area contributed by atoms with Crippen molar-refractivity contribution in [1.82, 2.24) is 9.97 Å². The van der Waals surface area contributed by atoms with Gasteiger partial charge in [0.05, 0.1) is 0 Å². The van der Waals surface area contributed by atoms with Crippen LogP contribution in [0.3, 0.4) is 0 Å². The van der Waals surface area contributed by atoms with Crippen molar-refractivity contribution in [3.8, 4) is 0 Å². The second kappa shape index (κ2) is 6.91. The van der Waals surface area contributed by atoms with Crippen LogP contribution in [0.1, 0.15) is 52.3 Å². The number of hydrogen-bond donors (Lipinski definition) is 2. The first-order chi connectivity index (χ1) is 9.58. The van der Waals surface area contributed by atoms with Gasteiger partial charge in [0.15, 0.2) is 0 Å². The molecule has 0 bridgehead atoms. The smallest absolute Gasteiger partial charge is 0.132 e. The van der Waals surface area contributed by atoms with Crippen molar-refractivity contribution >= 4 is 11.6 Å². The zero-order valence-corrected chi connectivity index (χ0v) is 13.2. The van der Waals surface area contributed by atoms with Crippen LogP contribution in [0.4, 0.5) is 11.6 Å². The molecular weight excluding hydrogens is 248 g/mol. The first-order valence-electron chi connectivity index (χ1n) is 7.94. The van der Waals surface area contributed by atoms with E-state index in [4.69, 9.17) is 0 Å². The van der Waals surface area contributed by atoms with Gasteiger partial charge < -0.3 is 10.6 Å². The minimum Gasteiger partial charge on any atom is -0.370 e. The van der Waals surface area contributed by atoms with Crippen molar-refractivity contribution in [2.45, 2.75) is 59.4 Å². The molecular formula is C16H28N4. The second-order valence-electron chi connectivity index (χ2n) is 6.22. The molecule has 0 amide bonds. The minimum absolute atomic E-state index is 0.550. The monoisotopic (exact) mass is 276 g/mol. The van der Waals surface area contributed by atoms with Crippen molar-refractivity contribution in [2.24, 2.45) is 11.8 Å². The highest BCUT2D eigenvalue weighted by molar-refractivity contribution is 5.48. The van der Waals surface area contributed by atoms with Crippen LogP contribution in [0.2, 0.25) is 0 Å². The van der Waals surface area contributed by atoms with Crippen LogP contribution in [0.5, 0.6) is 0 Å². The molecule has 112 valence electrons. The van der Waals surface area contributed by atoms with Gasteiger partial charge in [0.2, 0.25) is 0 Å². The van der Waals surface area contributed by atoms with Crippen LogP contribution >= 0.6 is 0 Å². The maximum atomic E-state index is 4.52. The fourth-order valence-electron chi connectivity index (χ4n) is 2.87. The molecule has 4 nitrogen and oxygen atoms in total. The summed E-state index contributed by atoms with van der Waals surface area (Å²) in [4.78, 5) is 8.95. The molecule has 1 aliphatic rings. The van der Waals surface area contributed by atoms with E-state index < -0.39 is 0 Å². The number of rotatable bonds is 5. The van der Waals surface area contributed by atoms with Gasteiger partial charge in [0.25, 0.3) is 0 Å². The fourth-order valence-corrected chi connectivity index (χ4v) is 2.87. The maximum Gasteiger partial charge on any atom is 0.132 e. The average molecular weight is 276 g/mol. The summed E-state index contributed by atoms with van der Waals surface area (Å²) in [6.45, 7) is 9.78. The first-order valence-corrected chi connectivity index (χ1v) is 7.94. The third-order valence-electron chi connectivity index (χ3n) is 4.34. The van der Waals surface area contributed by atoms with Gasteiger partial charge >= 0.3 is 0 Å². The molecule has 3 unspecified atom stereocenters. The molecule has 1 saturated carbocycles. The van der Waals surface area contributed by atoms with Crippen molar-refractivity contribution in [1.29, 1.82) is 0 Å². The Balaban J connectivity index is 1.99. The molecule has 0 aromatic carbocycles. The highest BCUT2D eigenvalue weighted by Crippen LogP contribution is 2.30. The fraction of sp³-hybridized carbons (Fsp3) is 0.750. The molecule has 1 aliphatic carbocycles. The minimum atomic E-state index is 0.550. The number of aromatic nitrogens is 2. The Morgan fingerprint density at radius 2 is 1.90 bits per heavy atom. The molecule has 1 heterocycles. The zero-order chi connectivity index (χ0) is 14.5. The molecule has 1 aromatic rings. The first kappa shape index (κ1) is 15.1. The Morgan fingerprint density at radius 1 is 1.15 bits per heavy atom. The summed E-state index contributed by atoms with van der Waals surface area (Å²) >= 11 is 0. The van der Waals surface area contributed by atoms with Crippen LogP contribution in [0, 0.1) is 18.8 Å². The lowest BCUT2D eigenvalue weighted by molar-refractivity contribution is 0.260. The topological polar surface area (TPSA) is 49.8 Å². The number of anilines is 2. The lowest BCUT2D eigenvalue weighted by atomic mass is 9.79. The van der Waals surface area contributed by atoms with Gasteiger partial charge in [-0.3, -0.25) is 0 Å². The lowest BCUT2D eigenvalue weighted by Gasteiger charge is -2.32. The van der Waals surface area contributed by atoms with Crippen LogP contribution < -0.4 is 10.6 Å². The molecule has 1 fully saturated rings. The van der Waals surface area contributed by atoms with E-state index in [9.17, 15) is 0 Å². The Kier molecular flexibility index (Phi) is 5.21. The van der Waals surface area contributed by atoms with Crippen LogP contribution in [-0.2, 0) is 0 Å². The average Bonchev–Trinajstić information content (AvgIpc) is 2.40. The zero-order valence-electron chi connectivity index (χ0n) is 13.2. The summed E-state index contributed by atoms with van der Waals surface area (Å²) in [7, 11) is 0. The second-order valence-corrected chi connectivity index (χ2v) is 6.22. The van der Waals surface area contributed by atoms with Crippen molar-refractivity contribution in [3.05, 3.63) is 11.9 Å². The van der Waals surface area contributed by atoms with E-state index in [1.165, 1.54) is 19.3 Å². The van der Waals surface area contributed by atoms with Gasteiger partial charge in [-0.1, -0.05) is 20.8 Å². The molecule has 0 spiro atoms. The van der Waals surface area contributed by atoms with Gasteiger partial charge in [-0.05, 0) is 44.4 Å². The van der Waals surface area contributed by atoms with E-state index >= 15 is 0 Å². The quantitative estimate of drug-likeness (QED) is 0.858. The molecule has 20 heavy (non-hydrogen) atoms. The number of aryl methyl sites for hydroxylation is 1. The van der Waals surface area contributed by atoms with Crippen LogP contribution in [-0.4, -0.2) is 22.6 Å². The van der Waals surface area contributed by atoms with Gasteiger partial charge in [-0.15, -0.1) is 0 Å². The maximum absolute atomic E-state index is 4.52. The molecule has 2 rings (SSSR count). The van der Waals surface area contributed by atoms with Crippen molar-refractivity contribution < 1.29 is 0 Å². The van der Waals surface area contributed by atoms with E-state index in [0.29, 0.717) is 6.04 Å². The van der Waals surface area contributed by atoms with E-state index in [0.717, 1.165) is 42.3 Å². The number of nitrogens with zero attached hydrogens (tertiary/aromatic N) is 2. The van der Waals surface area contributed by atoms with E-state index in [-0.39, 0.29) is 0 Å². The summed E-state index contributed by atoms with van der Waals surface area (Å²) < 4.78 is 0. The Labute approximate surface area is 122 Å². The number of nitrogens with one attached hydrogen (secondary N) is 2. The Bertz CT molecular complexity index is 432. The van der Waals surface area contributed by atoms with Crippen LogP contribution in [0.25, 0.3) is 0 Å². The predicted molar refractivity (Wildman–Crippen MR) is 85.1 cm³/mol. The van der Waals surface area contributed by atoms with E-state index in [1.807, 2.05) is 13.0 Å². The molecule has 0 aliphatic heterocycles. The normalized spacial score (nSPS) is 26.3. The standard InChI is InChI=1S/C16H28N4/c1-5-8-17-15-10-16(19-13(4)18-15)20-14-7-6-11(2)12(3)9-14/h10-12,14H,5-9H2,1-4H3,(H2,17,18,19,20). The lowest BCUT2D eigenvalue weighted by Crippen LogP contribution is -2.30. The SMILES string of the molecule is CCCNc1cc(NC2CCC(C)C(C)C2)nc(C)n1. The van der Waals surface area contributed by atoms with E-state index in [1.54, 1.807) is 0 Å². The predicted octanol–water partition coefficient (Wildman–Crippen LogP) is 3.84. The third-order valence-corrected chi connectivity index (χ3v) is 4.34. The molecule has 1 aromatic heterocycles.